The highest BCUT2D eigenvalue weighted by Gasteiger charge is 2.07. The van der Waals surface area contributed by atoms with Crippen molar-refractivity contribution < 1.29 is 5.11 Å². The van der Waals surface area contributed by atoms with E-state index in [0.29, 0.717) is 0 Å². The lowest BCUT2D eigenvalue weighted by Crippen LogP contribution is -1.92. The maximum absolute atomic E-state index is 9.54. The Labute approximate surface area is 113 Å². The van der Waals surface area contributed by atoms with Gasteiger partial charge in [0.1, 0.15) is 0 Å². The predicted octanol–water partition coefficient (Wildman–Crippen LogP) is 4.05. The van der Waals surface area contributed by atoms with Gasteiger partial charge in [-0.2, -0.15) is 0 Å². The lowest BCUT2D eigenvalue weighted by atomic mass is 10.1. The molecule has 88 valence electrons. The van der Waals surface area contributed by atoms with Crippen molar-refractivity contribution in [3.05, 3.63) is 52.8 Å². The van der Waals surface area contributed by atoms with Gasteiger partial charge in [-0.1, -0.05) is 33.8 Å². The van der Waals surface area contributed by atoms with Crippen LogP contribution in [0.15, 0.2) is 57.0 Å². The number of hydrogen-bond acceptors (Lipinski definition) is 3. The molecule has 1 aromatic heterocycles. The monoisotopic (exact) mass is 309 g/mol. The van der Waals surface area contributed by atoms with Crippen molar-refractivity contribution in [2.45, 2.75) is 22.8 Å². The summed E-state index contributed by atoms with van der Waals surface area (Å²) in [5, 5.41) is 9.54. The van der Waals surface area contributed by atoms with E-state index in [1.807, 2.05) is 30.3 Å². The van der Waals surface area contributed by atoms with Crippen molar-refractivity contribution in [3.8, 4) is 0 Å². The molecule has 1 heterocycles. The number of pyridine rings is 1. The van der Waals surface area contributed by atoms with Crippen molar-refractivity contribution in [2.24, 2.45) is 0 Å². The molecule has 1 aromatic carbocycles. The van der Waals surface area contributed by atoms with E-state index >= 15 is 0 Å². The minimum absolute atomic E-state index is 0.454. The maximum Gasteiger partial charge on any atom is 0.0772 e. The van der Waals surface area contributed by atoms with Gasteiger partial charge in [0.25, 0.3) is 0 Å². The zero-order chi connectivity index (χ0) is 12.3. The number of aliphatic hydroxyl groups excluding tert-OH is 1. The molecule has 0 aliphatic carbocycles. The van der Waals surface area contributed by atoms with Gasteiger partial charge < -0.3 is 5.11 Å². The van der Waals surface area contributed by atoms with Crippen LogP contribution < -0.4 is 0 Å². The Hall–Kier alpha value is -0.840. The quantitative estimate of drug-likeness (QED) is 0.928. The van der Waals surface area contributed by atoms with Crippen molar-refractivity contribution in [1.29, 1.82) is 0 Å². The van der Waals surface area contributed by atoms with Gasteiger partial charge in [-0.15, -0.1) is 0 Å². The molecule has 0 spiro atoms. The Kier molecular flexibility index (Phi) is 4.20. The van der Waals surface area contributed by atoms with E-state index in [-0.39, 0.29) is 0 Å². The molecule has 4 heteroatoms. The fraction of sp³-hybridized carbons (Fsp3) is 0.154. The molecule has 2 aromatic rings. The third-order valence-electron chi connectivity index (χ3n) is 2.31. The van der Waals surface area contributed by atoms with Crippen molar-refractivity contribution in [1.82, 2.24) is 4.98 Å². The van der Waals surface area contributed by atoms with Gasteiger partial charge in [0.05, 0.1) is 6.10 Å². The molecule has 17 heavy (non-hydrogen) atoms. The zero-order valence-corrected chi connectivity index (χ0v) is 11.7. The number of benzene rings is 1. The third kappa shape index (κ3) is 3.31. The molecule has 0 unspecified atom stereocenters. The summed E-state index contributed by atoms with van der Waals surface area (Å²) in [6.07, 6.45) is 3.10. The van der Waals surface area contributed by atoms with E-state index < -0.39 is 6.10 Å². The van der Waals surface area contributed by atoms with Crippen molar-refractivity contribution in [3.63, 3.8) is 0 Å². The smallest absolute Gasteiger partial charge is 0.0772 e. The first-order chi connectivity index (χ1) is 8.16. The lowest BCUT2D eigenvalue weighted by Gasteiger charge is -2.09. The van der Waals surface area contributed by atoms with Crippen LogP contribution in [-0.2, 0) is 0 Å². The molecule has 1 atom stereocenters. The highest BCUT2D eigenvalue weighted by molar-refractivity contribution is 9.10. The Balaban J connectivity index is 2.21. The highest BCUT2D eigenvalue weighted by atomic mass is 79.9. The van der Waals surface area contributed by atoms with Gasteiger partial charge in [0, 0.05) is 26.7 Å². The molecule has 2 nitrogen and oxygen atoms in total. The first kappa shape index (κ1) is 12.6. The lowest BCUT2D eigenvalue weighted by molar-refractivity contribution is 0.198. The first-order valence-corrected chi connectivity index (χ1v) is 6.83. The number of hydrogen-bond donors (Lipinski definition) is 1. The maximum atomic E-state index is 9.54. The topological polar surface area (TPSA) is 33.1 Å². The van der Waals surface area contributed by atoms with Crippen LogP contribution in [0.5, 0.6) is 0 Å². The third-order valence-corrected chi connectivity index (χ3v) is 3.99. The summed E-state index contributed by atoms with van der Waals surface area (Å²) in [5.74, 6) is 0. The van der Waals surface area contributed by atoms with Crippen LogP contribution >= 0.6 is 27.7 Å². The van der Waals surface area contributed by atoms with Gasteiger partial charge in [0.2, 0.25) is 0 Å². The number of aromatic nitrogens is 1. The average Bonchev–Trinajstić information content (AvgIpc) is 2.30. The first-order valence-electron chi connectivity index (χ1n) is 5.22. The summed E-state index contributed by atoms with van der Waals surface area (Å²) in [7, 11) is 0. The average molecular weight is 310 g/mol. The van der Waals surface area contributed by atoms with Crippen molar-refractivity contribution in [2.75, 3.05) is 0 Å². The van der Waals surface area contributed by atoms with Crippen LogP contribution in [0.3, 0.4) is 0 Å². The van der Waals surface area contributed by atoms with E-state index in [9.17, 15) is 5.11 Å². The van der Waals surface area contributed by atoms with Crippen LogP contribution in [0.4, 0.5) is 0 Å². The summed E-state index contributed by atoms with van der Waals surface area (Å²) in [6.45, 7) is 1.76. The SMILES string of the molecule is C[C@H](O)c1ccc(Sc2ccncc2)cc1Br. The van der Waals surface area contributed by atoms with E-state index in [0.717, 1.165) is 19.8 Å². The second-order valence-electron chi connectivity index (χ2n) is 3.64. The molecule has 1 N–H and O–H groups in total. The molecule has 0 aliphatic rings. The van der Waals surface area contributed by atoms with Gasteiger partial charge in [-0.25, -0.2) is 0 Å². The van der Waals surface area contributed by atoms with E-state index in [4.69, 9.17) is 0 Å². The van der Waals surface area contributed by atoms with E-state index in [2.05, 4.69) is 20.9 Å². The molecular weight excluding hydrogens is 298 g/mol. The number of halogens is 1. The fourth-order valence-corrected chi connectivity index (χ4v) is 3.16. The van der Waals surface area contributed by atoms with E-state index in [1.54, 1.807) is 31.1 Å². The van der Waals surface area contributed by atoms with E-state index in [1.165, 1.54) is 0 Å². The zero-order valence-electron chi connectivity index (χ0n) is 9.30. The van der Waals surface area contributed by atoms with Crippen LogP contribution in [0.1, 0.15) is 18.6 Å². The van der Waals surface area contributed by atoms with Crippen LogP contribution in [0.25, 0.3) is 0 Å². The van der Waals surface area contributed by atoms with Gasteiger partial charge in [-0.3, -0.25) is 4.98 Å². The highest BCUT2D eigenvalue weighted by Crippen LogP contribution is 2.32. The summed E-state index contributed by atoms with van der Waals surface area (Å²) < 4.78 is 0.937. The standard InChI is InChI=1S/C13H12BrNOS/c1-9(16)12-3-2-11(8-13(12)14)17-10-4-6-15-7-5-10/h2-9,16H,1H3/t9-/m0/s1. The van der Waals surface area contributed by atoms with Crippen LogP contribution in [0.2, 0.25) is 0 Å². The fourth-order valence-electron chi connectivity index (χ4n) is 1.45. The Bertz CT molecular complexity index is 502. The number of rotatable bonds is 3. The molecule has 0 fully saturated rings. The Morgan fingerprint density at radius 1 is 1.18 bits per heavy atom. The minimum Gasteiger partial charge on any atom is -0.389 e. The van der Waals surface area contributed by atoms with Crippen molar-refractivity contribution >= 4 is 27.7 Å². The summed E-state index contributed by atoms with van der Waals surface area (Å²) in [4.78, 5) is 6.27. The normalized spacial score (nSPS) is 12.4. The number of aliphatic hydroxyl groups is 1. The largest absolute Gasteiger partial charge is 0.389 e. The molecule has 0 bridgehead atoms. The van der Waals surface area contributed by atoms with Gasteiger partial charge in [-0.05, 0) is 36.8 Å². The second-order valence-corrected chi connectivity index (χ2v) is 5.65. The summed E-state index contributed by atoms with van der Waals surface area (Å²) in [5.41, 5.74) is 0.907. The summed E-state index contributed by atoms with van der Waals surface area (Å²) >= 11 is 5.15. The molecule has 0 radical (unpaired) electrons. The molecule has 0 saturated heterocycles. The molecule has 0 saturated carbocycles. The van der Waals surface area contributed by atoms with Crippen LogP contribution in [-0.4, -0.2) is 10.1 Å². The second kappa shape index (κ2) is 5.67. The minimum atomic E-state index is -0.454. The van der Waals surface area contributed by atoms with Gasteiger partial charge in [0.15, 0.2) is 0 Å². The molecule has 0 amide bonds. The Morgan fingerprint density at radius 2 is 1.88 bits per heavy atom. The number of nitrogens with zero attached hydrogens (tertiary/aromatic N) is 1. The molecular formula is C13H12BrNOS. The summed E-state index contributed by atoms with van der Waals surface area (Å²) in [6, 6.07) is 9.92. The van der Waals surface area contributed by atoms with Gasteiger partial charge >= 0.3 is 0 Å². The molecule has 0 aliphatic heterocycles. The Morgan fingerprint density at radius 3 is 2.47 bits per heavy atom. The molecule has 2 rings (SSSR count). The van der Waals surface area contributed by atoms with Crippen LogP contribution in [0, 0.1) is 0 Å². The predicted molar refractivity (Wildman–Crippen MR) is 73.1 cm³/mol.